The van der Waals surface area contributed by atoms with E-state index in [2.05, 4.69) is 0 Å². The molecule has 3 aromatic carbocycles. The van der Waals surface area contributed by atoms with Crippen molar-refractivity contribution < 1.29 is 14.9 Å². The third kappa shape index (κ3) is 4.08. The fourth-order valence-corrected chi connectivity index (χ4v) is 2.85. The second kappa shape index (κ2) is 8.47. The number of aliphatic hydroxyl groups excluding tert-OH is 1. The van der Waals surface area contributed by atoms with Crippen LogP contribution in [0.5, 0.6) is 5.75 Å². The van der Waals surface area contributed by atoms with Crippen LogP contribution in [0.1, 0.15) is 12.0 Å². The van der Waals surface area contributed by atoms with E-state index in [1.54, 1.807) is 0 Å². The zero-order valence-electron chi connectivity index (χ0n) is 14.1. The Morgan fingerprint density at radius 2 is 1.40 bits per heavy atom. The van der Waals surface area contributed by atoms with Crippen LogP contribution in [0.15, 0.2) is 72.8 Å². The van der Waals surface area contributed by atoms with Crippen LogP contribution in [-0.4, -0.2) is 23.4 Å². The van der Waals surface area contributed by atoms with Gasteiger partial charge in [-0.1, -0.05) is 72.8 Å². The molecule has 0 heterocycles. The van der Waals surface area contributed by atoms with Crippen LogP contribution < -0.4 is 0 Å². The van der Waals surface area contributed by atoms with Crippen LogP contribution in [0.25, 0.3) is 22.3 Å². The summed E-state index contributed by atoms with van der Waals surface area (Å²) >= 11 is 0. The van der Waals surface area contributed by atoms with Crippen molar-refractivity contribution >= 4 is 0 Å². The average Bonchev–Trinajstić information content (AvgIpc) is 2.67. The van der Waals surface area contributed by atoms with Crippen LogP contribution in [0.4, 0.5) is 0 Å². The smallest absolute Gasteiger partial charge is 0.129 e. The molecule has 0 saturated heterocycles. The van der Waals surface area contributed by atoms with Gasteiger partial charge in [0.05, 0.1) is 6.61 Å². The molecule has 2 N–H and O–H groups in total. The maximum Gasteiger partial charge on any atom is 0.129 e. The van der Waals surface area contributed by atoms with Gasteiger partial charge >= 0.3 is 0 Å². The number of phenolic OH excluding ortho intramolecular Hbond substituents is 1. The van der Waals surface area contributed by atoms with Gasteiger partial charge in [-0.05, 0) is 23.1 Å². The van der Waals surface area contributed by atoms with E-state index in [4.69, 9.17) is 9.84 Å². The van der Waals surface area contributed by atoms with Gasteiger partial charge in [0.1, 0.15) is 5.75 Å². The van der Waals surface area contributed by atoms with Crippen molar-refractivity contribution in [1.29, 1.82) is 0 Å². The normalized spacial score (nSPS) is 10.8. The number of phenols is 1. The van der Waals surface area contributed by atoms with E-state index >= 15 is 0 Å². The molecule has 0 atom stereocenters. The van der Waals surface area contributed by atoms with Crippen LogP contribution >= 0.6 is 0 Å². The zero-order chi connectivity index (χ0) is 17.5. The Hall–Kier alpha value is -2.62. The minimum absolute atomic E-state index is 0.105. The molecule has 0 saturated carbocycles. The summed E-state index contributed by atoms with van der Waals surface area (Å²) in [4.78, 5) is 0. The van der Waals surface area contributed by atoms with Crippen LogP contribution in [-0.2, 0) is 11.3 Å². The van der Waals surface area contributed by atoms with Crippen molar-refractivity contribution in [2.45, 2.75) is 13.0 Å². The maximum atomic E-state index is 10.9. The number of aliphatic hydroxyl groups is 1. The number of hydrogen-bond acceptors (Lipinski definition) is 3. The first-order valence-corrected chi connectivity index (χ1v) is 8.45. The Bertz CT molecular complexity index is 798. The van der Waals surface area contributed by atoms with E-state index in [-0.39, 0.29) is 12.4 Å². The fraction of sp³-hybridized carbons (Fsp3) is 0.182. The first kappa shape index (κ1) is 17.2. The van der Waals surface area contributed by atoms with Crippen molar-refractivity contribution in [3.8, 4) is 28.0 Å². The molecule has 0 aliphatic carbocycles. The van der Waals surface area contributed by atoms with Crippen LogP contribution in [0.3, 0.4) is 0 Å². The van der Waals surface area contributed by atoms with Crippen molar-refractivity contribution in [2.24, 2.45) is 0 Å². The lowest BCUT2D eigenvalue weighted by atomic mass is 9.92. The predicted molar refractivity (Wildman–Crippen MR) is 100 cm³/mol. The number of hydrogen-bond donors (Lipinski definition) is 2. The zero-order valence-corrected chi connectivity index (χ0v) is 14.1. The molecule has 0 aliphatic rings. The molecule has 3 rings (SSSR count). The number of ether oxygens (including phenoxy) is 1. The second-order valence-electron chi connectivity index (χ2n) is 5.86. The number of rotatable bonds is 7. The summed E-state index contributed by atoms with van der Waals surface area (Å²) in [7, 11) is 0. The summed E-state index contributed by atoms with van der Waals surface area (Å²) in [6.07, 6.45) is 0.592. The molecule has 0 radical (unpaired) electrons. The fourth-order valence-electron chi connectivity index (χ4n) is 2.85. The summed E-state index contributed by atoms with van der Waals surface area (Å²) in [5, 5.41) is 19.8. The highest BCUT2D eigenvalue weighted by Gasteiger charge is 2.15. The quantitative estimate of drug-likeness (QED) is 0.620. The van der Waals surface area contributed by atoms with E-state index in [1.807, 2.05) is 72.8 Å². The number of benzene rings is 3. The van der Waals surface area contributed by atoms with Crippen LogP contribution in [0, 0.1) is 0 Å². The Kier molecular flexibility index (Phi) is 5.83. The standard InChI is InChI=1S/C22H22O3/c23-14-7-15-25-16-19-12-13-20(17-8-3-1-4-9-17)21(22(19)24)18-10-5-2-6-11-18/h1-6,8-13,23-24H,7,14-16H2. The molecular formula is C22H22O3. The Labute approximate surface area is 148 Å². The van der Waals surface area contributed by atoms with Gasteiger partial charge in [0.2, 0.25) is 0 Å². The van der Waals surface area contributed by atoms with E-state index in [0.717, 1.165) is 27.8 Å². The molecule has 128 valence electrons. The molecule has 25 heavy (non-hydrogen) atoms. The van der Waals surface area contributed by atoms with Crippen molar-refractivity contribution in [3.63, 3.8) is 0 Å². The van der Waals surface area contributed by atoms with Crippen molar-refractivity contribution in [3.05, 3.63) is 78.4 Å². The van der Waals surface area contributed by atoms with Crippen LogP contribution in [0.2, 0.25) is 0 Å². The highest BCUT2D eigenvalue weighted by Crippen LogP contribution is 2.40. The summed E-state index contributed by atoms with van der Waals surface area (Å²) in [6.45, 7) is 0.895. The van der Waals surface area contributed by atoms with Gasteiger partial charge in [0.25, 0.3) is 0 Å². The first-order valence-electron chi connectivity index (χ1n) is 8.45. The molecule has 3 nitrogen and oxygen atoms in total. The molecule has 0 aromatic heterocycles. The Morgan fingerprint density at radius 1 is 0.760 bits per heavy atom. The number of aromatic hydroxyl groups is 1. The average molecular weight is 334 g/mol. The monoisotopic (exact) mass is 334 g/mol. The lowest BCUT2D eigenvalue weighted by Gasteiger charge is -2.16. The first-order chi connectivity index (χ1) is 12.3. The molecule has 0 aliphatic heterocycles. The minimum atomic E-state index is 0.105. The molecule has 0 fully saturated rings. The molecule has 3 aromatic rings. The summed E-state index contributed by atoms with van der Waals surface area (Å²) < 4.78 is 5.56. The molecule has 0 spiro atoms. The van der Waals surface area contributed by atoms with Gasteiger partial charge in [0.15, 0.2) is 0 Å². The van der Waals surface area contributed by atoms with Gasteiger partial charge in [0, 0.05) is 24.3 Å². The van der Waals surface area contributed by atoms with Gasteiger partial charge < -0.3 is 14.9 Å². The van der Waals surface area contributed by atoms with Gasteiger partial charge in [-0.2, -0.15) is 0 Å². The van der Waals surface area contributed by atoms with Gasteiger partial charge in [-0.15, -0.1) is 0 Å². The molecule has 0 amide bonds. The van der Waals surface area contributed by atoms with Crippen molar-refractivity contribution in [2.75, 3.05) is 13.2 Å². The Balaban J connectivity index is 2.03. The summed E-state index contributed by atoms with van der Waals surface area (Å²) in [5.74, 6) is 0.247. The third-order valence-electron chi connectivity index (χ3n) is 4.11. The van der Waals surface area contributed by atoms with Crippen molar-refractivity contribution in [1.82, 2.24) is 0 Å². The summed E-state index contributed by atoms with van der Waals surface area (Å²) in [6, 6.07) is 23.9. The Morgan fingerprint density at radius 3 is 2.04 bits per heavy atom. The highest BCUT2D eigenvalue weighted by molar-refractivity contribution is 5.88. The van der Waals surface area contributed by atoms with E-state index in [1.165, 1.54) is 0 Å². The lowest BCUT2D eigenvalue weighted by molar-refractivity contribution is 0.103. The van der Waals surface area contributed by atoms with Gasteiger partial charge in [-0.25, -0.2) is 0 Å². The molecular weight excluding hydrogens is 312 g/mol. The lowest BCUT2D eigenvalue weighted by Crippen LogP contribution is -1.99. The third-order valence-corrected chi connectivity index (χ3v) is 4.11. The highest BCUT2D eigenvalue weighted by atomic mass is 16.5. The predicted octanol–water partition coefficient (Wildman–Crippen LogP) is 4.63. The van der Waals surface area contributed by atoms with E-state index in [0.29, 0.717) is 19.6 Å². The molecule has 3 heteroatoms. The largest absolute Gasteiger partial charge is 0.507 e. The SMILES string of the molecule is OCCCOCc1ccc(-c2ccccc2)c(-c2ccccc2)c1O. The van der Waals surface area contributed by atoms with E-state index < -0.39 is 0 Å². The van der Waals surface area contributed by atoms with E-state index in [9.17, 15) is 5.11 Å². The maximum absolute atomic E-state index is 10.9. The minimum Gasteiger partial charge on any atom is -0.507 e. The topological polar surface area (TPSA) is 49.7 Å². The molecule has 0 bridgehead atoms. The summed E-state index contributed by atoms with van der Waals surface area (Å²) in [5.41, 5.74) is 4.58. The second-order valence-corrected chi connectivity index (χ2v) is 5.86. The van der Waals surface area contributed by atoms with Gasteiger partial charge in [-0.3, -0.25) is 0 Å². The molecule has 0 unspecified atom stereocenters.